The van der Waals surface area contributed by atoms with Gasteiger partial charge in [-0.1, -0.05) is 26.7 Å². The summed E-state index contributed by atoms with van der Waals surface area (Å²) in [5.41, 5.74) is 5.60. The summed E-state index contributed by atoms with van der Waals surface area (Å²) < 4.78 is 26.7. The molecule has 19 heavy (non-hydrogen) atoms. The second-order valence-corrected chi connectivity index (χ2v) is 8.37. The Morgan fingerprint density at radius 3 is 2.37 bits per heavy atom. The maximum atomic E-state index is 11.9. The van der Waals surface area contributed by atoms with E-state index in [9.17, 15) is 8.42 Å². The lowest BCUT2D eigenvalue weighted by Crippen LogP contribution is -2.38. The maximum absolute atomic E-state index is 11.9. The molecule has 114 valence electrons. The Balaban J connectivity index is 2.47. The number of unbranched alkanes of at least 4 members (excludes halogenated alkanes) is 1. The minimum Gasteiger partial charge on any atom is -0.330 e. The standard InChI is InChI=1S/C14H30N2O2S/c1-13(2)11-14(7-3-4-8-14)12-16-19(17,18)10-6-5-9-15/h13,16H,3-12,15H2,1-2H3. The lowest BCUT2D eigenvalue weighted by molar-refractivity contribution is 0.236. The van der Waals surface area contributed by atoms with Crippen LogP contribution in [0.5, 0.6) is 0 Å². The van der Waals surface area contributed by atoms with Gasteiger partial charge in [0, 0.05) is 6.54 Å². The second-order valence-electron chi connectivity index (χ2n) is 6.44. The molecule has 5 heteroatoms. The van der Waals surface area contributed by atoms with E-state index >= 15 is 0 Å². The molecule has 0 saturated heterocycles. The fourth-order valence-corrected chi connectivity index (χ4v) is 4.47. The van der Waals surface area contributed by atoms with Crippen LogP contribution in [0.1, 0.15) is 58.8 Å². The summed E-state index contributed by atoms with van der Waals surface area (Å²) >= 11 is 0. The molecular weight excluding hydrogens is 260 g/mol. The number of rotatable bonds is 9. The molecule has 0 aliphatic heterocycles. The molecule has 0 aromatic rings. The molecule has 0 spiro atoms. The van der Waals surface area contributed by atoms with E-state index in [0.29, 0.717) is 25.4 Å². The molecular formula is C14H30N2O2S. The van der Waals surface area contributed by atoms with Gasteiger partial charge in [-0.3, -0.25) is 0 Å². The monoisotopic (exact) mass is 290 g/mol. The van der Waals surface area contributed by atoms with E-state index in [1.807, 2.05) is 0 Å². The summed E-state index contributed by atoms with van der Waals surface area (Å²) in [7, 11) is -3.12. The van der Waals surface area contributed by atoms with E-state index < -0.39 is 10.0 Å². The van der Waals surface area contributed by atoms with Crippen molar-refractivity contribution in [3.63, 3.8) is 0 Å². The van der Waals surface area contributed by atoms with Crippen LogP contribution in [0.4, 0.5) is 0 Å². The molecule has 1 fully saturated rings. The Morgan fingerprint density at radius 1 is 1.21 bits per heavy atom. The normalized spacial score (nSPS) is 19.2. The predicted molar refractivity (Wildman–Crippen MR) is 80.4 cm³/mol. The van der Waals surface area contributed by atoms with Crippen LogP contribution in [-0.2, 0) is 10.0 Å². The van der Waals surface area contributed by atoms with Gasteiger partial charge in [0.1, 0.15) is 0 Å². The molecule has 1 aliphatic rings. The first-order valence-electron chi connectivity index (χ1n) is 7.57. The van der Waals surface area contributed by atoms with E-state index in [0.717, 1.165) is 25.7 Å². The predicted octanol–water partition coefficient (Wildman–Crippen LogP) is 2.25. The summed E-state index contributed by atoms with van der Waals surface area (Å²) in [6, 6.07) is 0. The number of sulfonamides is 1. The van der Waals surface area contributed by atoms with Gasteiger partial charge < -0.3 is 5.73 Å². The Bertz CT molecular complexity index is 346. The Labute approximate surface area is 118 Å². The van der Waals surface area contributed by atoms with Crippen LogP contribution in [-0.4, -0.2) is 27.3 Å². The number of nitrogens with one attached hydrogen (secondary N) is 1. The molecule has 1 rings (SSSR count). The highest BCUT2D eigenvalue weighted by Gasteiger charge is 2.35. The van der Waals surface area contributed by atoms with E-state index in [4.69, 9.17) is 5.73 Å². The van der Waals surface area contributed by atoms with Gasteiger partial charge in [-0.25, -0.2) is 13.1 Å². The minimum atomic E-state index is -3.12. The third-order valence-electron chi connectivity index (χ3n) is 4.04. The summed E-state index contributed by atoms with van der Waals surface area (Å²) in [5, 5.41) is 0. The van der Waals surface area contributed by atoms with Gasteiger partial charge in [-0.05, 0) is 50.0 Å². The maximum Gasteiger partial charge on any atom is 0.211 e. The van der Waals surface area contributed by atoms with Crippen LogP contribution in [0.3, 0.4) is 0 Å². The fourth-order valence-electron chi connectivity index (χ4n) is 3.22. The van der Waals surface area contributed by atoms with Gasteiger partial charge in [0.15, 0.2) is 0 Å². The summed E-state index contributed by atoms with van der Waals surface area (Å²) in [6.07, 6.45) is 7.36. The molecule has 4 nitrogen and oxygen atoms in total. The van der Waals surface area contributed by atoms with Crippen LogP contribution < -0.4 is 10.5 Å². The number of hydrogen-bond donors (Lipinski definition) is 2. The highest BCUT2D eigenvalue weighted by molar-refractivity contribution is 7.89. The van der Waals surface area contributed by atoms with Crippen molar-refractivity contribution < 1.29 is 8.42 Å². The van der Waals surface area contributed by atoms with E-state index in [2.05, 4.69) is 18.6 Å². The third kappa shape index (κ3) is 6.23. The van der Waals surface area contributed by atoms with Gasteiger partial charge >= 0.3 is 0 Å². The topological polar surface area (TPSA) is 72.2 Å². The molecule has 0 radical (unpaired) electrons. The van der Waals surface area contributed by atoms with Gasteiger partial charge in [0.2, 0.25) is 10.0 Å². The summed E-state index contributed by atoms with van der Waals surface area (Å²) in [5.74, 6) is 0.835. The largest absolute Gasteiger partial charge is 0.330 e. The minimum absolute atomic E-state index is 0.203. The van der Waals surface area contributed by atoms with Crippen molar-refractivity contribution >= 4 is 10.0 Å². The lowest BCUT2D eigenvalue weighted by Gasteiger charge is -2.31. The zero-order valence-electron chi connectivity index (χ0n) is 12.5. The molecule has 0 aromatic carbocycles. The molecule has 0 unspecified atom stereocenters. The van der Waals surface area contributed by atoms with Crippen LogP contribution in [0, 0.1) is 11.3 Å². The van der Waals surface area contributed by atoms with Crippen LogP contribution in [0.25, 0.3) is 0 Å². The molecule has 0 atom stereocenters. The molecule has 0 amide bonds. The van der Waals surface area contributed by atoms with Crippen molar-refractivity contribution in [3.8, 4) is 0 Å². The second kappa shape index (κ2) is 7.60. The Morgan fingerprint density at radius 2 is 1.84 bits per heavy atom. The number of hydrogen-bond acceptors (Lipinski definition) is 3. The van der Waals surface area contributed by atoms with Crippen molar-refractivity contribution in [2.24, 2.45) is 17.1 Å². The number of nitrogens with two attached hydrogens (primary N) is 1. The zero-order chi connectivity index (χ0) is 14.4. The van der Waals surface area contributed by atoms with Gasteiger partial charge in [0.25, 0.3) is 0 Å². The first-order chi connectivity index (χ1) is 8.89. The highest BCUT2D eigenvalue weighted by Crippen LogP contribution is 2.42. The van der Waals surface area contributed by atoms with E-state index in [-0.39, 0.29) is 11.2 Å². The molecule has 0 heterocycles. The van der Waals surface area contributed by atoms with Crippen molar-refractivity contribution in [2.45, 2.75) is 58.8 Å². The SMILES string of the molecule is CC(C)CC1(CNS(=O)(=O)CCCCN)CCCC1. The Kier molecular flexibility index (Phi) is 6.77. The van der Waals surface area contributed by atoms with E-state index in [1.54, 1.807) is 0 Å². The van der Waals surface area contributed by atoms with Crippen molar-refractivity contribution in [1.82, 2.24) is 4.72 Å². The highest BCUT2D eigenvalue weighted by atomic mass is 32.2. The van der Waals surface area contributed by atoms with Gasteiger partial charge in [-0.2, -0.15) is 0 Å². The molecule has 1 saturated carbocycles. The third-order valence-corrected chi connectivity index (χ3v) is 5.45. The first-order valence-corrected chi connectivity index (χ1v) is 9.22. The first kappa shape index (κ1) is 16.9. The average molecular weight is 290 g/mol. The van der Waals surface area contributed by atoms with Gasteiger partial charge in [0.05, 0.1) is 5.75 Å². The average Bonchev–Trinajstić information content (AvgIpc) is 2.75. The molecule has 3 N–H and O–H groups in total. The fraction of sp³-hybridized carbons (Fsp3) is 1.00. The quantitative estimate of drug-likeness (QED) is 0.640. The van der Waals surface area contributed by atoms with Crippen molar-refractivity contribution in [2.75, 3.05) is 18.8 Å². The summed E-state index contributed by atoms with van der Waals surface area (Å²) in [6.45, 7) is 5.62. The van der Waals surface area contributed by atoms with Gasteiger partial charge in [-0.15, -0.1) is 0 Å². The molecule has 1 aliphatic carbocycles. The Hall–Kier alpha value is -0.130. The van der Waals surface area contributed by atoms with Crippen LogP contribution in [0.15, 0.2) is 0 Å². The van der Waals surface area contributed by atoms with E-state index in [1.165, 1.54) is 12.8 Å². The summed E-state index contributed by atoms with van der Waals surface area (Å²) in [4.78, 5) is 0. The molecule has 0 bridgehead atoms. The van der Waals surface area contributed by atoms with Crippen LogP contribution in [0.2, 0.25) is 0 Å². The van der Waals surface area contributed by atoms with Crippen LogP contribution >= 0.6 is 0 Å². The zero-order valence-corrected chi connectivity index (χ0v) is 13.3. The lowest BCUT2D eigenvalue weighted by atomic mass is 9.79. The smallest absolute Gasteiger partial charge is 0.211 e. The van der Waals surface area contributed by atoms with Crippen molar-refractivity contribution in [1.29, 1.82) is 0 Å². The molecule has 0 aromatic heterocycles. The van der Waals surface area contributed by atoms with Crippen molar-refractivity contribution in [3.05, 3.63) is 0 Å².